The highest BCUT2D eigenvalue weighted by molar-refractivity contribution is 7.99. The summed E-state index contributed by atoms with van der Waals surface area (Å²) in [7, 11) is 0. The predicted octanol–water partition coefficient (Wildman–Crippen LogP) is 5.04. The molecule has 4 rings (SSSR count). The zero-order valence-corrected chi connectivity index (χ0v) is 19.1. The number of halogens is 1. The molecule has 0 aliphatic heterocycles. The molecule has 2 aliphatic carbocycles. The first kappa shape index (κ1) is 22.1. The Hall–Kier alpha value is -2.09. The molecular formula is C23H30FN3O3S. The van der Waals surface area contributed by atoms with Gasteiger partial charge < -0.3 is 9.47 Å². The van der Waals surface area contributed by atoms with Gasteiger partial charge in [-0.05, 0) is 69.9 Å². The molecule has 2 saturated carbocycles. The van der Waals surface area contributed by atoms with Crippen LogP contribution in [0.4, 0.5) is 4.39 Å². The van der Waals surface area contributed by atoms with Crippen LogP contribution in [-0.4, -0.2) is 32.6 Å². The maximum Gasteiger partial charge on any atom is 0.316 e. The maximum absolute atomic E-state index is 14.0. The Morgan fingerprint density at radius 3 is 2.71 bits per heavy atom. The molecule has 1 aromatic carbocycles. The summed E-state index contributed by atoms with van der Waals surface area (Å²) < 4.78 is 27.1. The van der Waals surface area contributed by atoms with Crippen molar-refractivity contribution in [3.63, 3.8) is 0 Å². The Kier molecular flexibility index (Phi) is 6.84. The summed E-state index contributed by atoms with van der Waals surface area (Å²) in [6.45, 7) is 5.99. The van der Waals surface area contributed by atoms with E-state index in [1.54, 1.807) is 18.2 Å². The lowest BCUT2D eigenvalue weighted by molar-refractivity contribution is -0.144. The number of esters is 1. The van der Waals surface area contributed by atoms with Gasteiger partial charge in [-0.3, -0.25) is 9.36 Å². The van der Waals surface area contributed by atoms with Gasteiger partial charge in [-0.15, -0.1) is 10.2 Å². The molecule has 0 amide bonds. The van der Waals surface area contributed by atoms with Crippen LogP contribution >= 0.6 is 11.8 Å². The van der Waals surface area contributed by atoms with E-state index >= 15 is 0 Å². The Labute approximate surface area is 186 Å². The number of ether oxygens (including phenoxy) is 2. The van der Waals surface area contributed by atoms with Crippen molar-refractivity contribution >= 4 is 17.7 Å². The summed E-state index contributed by atoms with van der Waals surface area (Å²) in [5.41, 5.74) is 0. The molecule has 0 spiro atoms. The monoisotopic (exact) mass is 447 g/mol. The van der Waals surface area contributed by atoms with Crippen LogP contribution in [0.15, 0.2) is 29.4 Å². The van der Waals surface area contributed by atoms with Gasteiger partial charge in [0.1, 0.15) is 6.61 Å². The number of para-hydroxylation sites is 1. The second-order valence-corrected chi connectivity index (χ2v) is 9.84. The van der Waals surface area contributed by atoms with Crippen LogP contribution in [0.2, 0.25) is 0 Å². The molecule has 2 bridgehead atoms. The molecule has 1 heterocycles. The van der Waals surface area contributed by atoms with Crippen molar-refractivity contribution in [1.29, 1.82) is 0 Å². The van der Waals surface area contributed by atoms with E-state index in [1.807, 2.05) is 13.8 Å². The lowest BCUT2D eigenvalue weighted by Gasteiger charge is -2.30. The topological polar surface area (TPSA) is 66.2 Å². The number of aromatic nitrogens is 3. The van der Waals surface area contributed by atoms with E-state index < -0.39 is 5.82 Å². The second kappa shape index (κ2) is 9.59. The lowest BCUT2D eigenvalue weighted by atomic mass is 9.84. The molecular weight excluding hydrogens is 417 g/mol. The normalized spacial score (nSPS) is 23.3. The van der Waals surface area contributed by atoms with Crippen LogP contribution in [0.3, 0.4) is 0 Å². The van der Waals surface area contributed by atoms with Crippen LogP contribution in [0.1, 0.15) is 58.3 Å². The summed E-state index contributed by atoms with van der Waals surface area (Å²) >= 11 is 1.34. The van der Waals surface area contributed by atoms with Gasteiger partial charge in [-0.1, -0.05) is 30.3 Å². The minimum Gasteiger partial charge on any atom is -0.483 e. The number of fused-ring (bicyclic) bond motifs is 2. The molecule has 168 valence electrons. The largest absolute Gasteiger partial charge is 0.483 e. The fraction of sp³-hybridized carbons (Fsp3) is 0.609. The molecule has 2 fully saturated rings. The van der Waals surface area contributed by atoms with E-state index in [2.05, 4.69) is 21.7 Å². The van der Waals surface area contributed by atoms with Gasteiger partial charge in [0.25, 0.3) is 0 Å². The first-order valence-corrected chi connectivity index (χ1v) is 12.0. The molecule has 4 atom stereocenters. The van der Waals surface area contributed by atoms with Crippen molar-refractivity contribution in [1.82, 2.24) is 14.8 Å². The molecule has 0 N–H and O–H groups in total. The van der Waals surface area contributed by atoms with E-state index in [0.29, 0.717) is 16.9 Å². The Morgan fingerprint density at radius 1 is 1.23 bits per heavy atom. The van der Waals surface area contributed by atoms with E-state index in [4.69, 9.17) is 9.47 Å². The number of rotatable bonds is 9. The highest BCUT2D eigenvalue weighted by atomic mass is 32.2. The van der Waals surface area contributed by atoms with Gasteiger partial charge in [0.15, 0.2) is 22.5 Å². The average Bonchev–Trinajstić information content (AvgIpc) is 3.46. The summed E-state index contributed by atoms with van der Waals surface area (Å²) in [6, 6.07) is 6.54. The Bertz CT molecular complexity index is 919. The summed E-state index contributed by atoms with van der Waals surface area (Å²) in [6.07, 6.45) is 5.00. The van der Waals surface area contributed by atoms with Gasteiger partial charge in [0.05, 0.1) is 11.9 Å². The third-order valence-electron chi connectivity index (χ3n) is 6.43. The third kappa shape index (κ3) is 5.05. The van der Waals surface area contributed by atoms with Crippen molar-refractivity contribution in [2.24, 2.45) is 17.8 Å². The first-order chi connectivity index (χ1) is 14.9. The number of hydrogen-bond acceptors (Lipinski definition) is 6. The maximum atomic E-state index is 14.0. The summed E-state index contributed by atoms with van der Waals surface area (Å²) in [5, 5.41) is 9.38. The van der Waals surface area contributed by atoms with Crippen molar-refractivity contribution in [2.75, 3.05) is 5.75 Å². The zero-order chi connectivity index (χ0) is 22.0. The molecule has 2 aromatic rings. The van der Waals surface area contributed by atoms with Crippen LogP contribution in [-0.2, 0) is 16.1 Å². The quantitative estimate of drug-likeness (QED) is 0.396. The number of nitrogens with zero attached hydrogens (tertiary/aromatic N) is 3. The van der Waals surface area contributed by atoms with Crippen LogP contribution in [0, 0.1) is 23.6 Å². The molecule has 31 heavy (non-hydrogen) atoms. The number of carbonyl (C=O) groups excluding carboxylic acids is 1. The highest BCUT2D eigenvalue weighted by Gasteiger charge is 2.43. The minimum atomic E-state index is -0.402. The van der Waals surface area contributed by atoms with Gasteiger partial charge in [0.2, 0.25) is 0 Å². The van der Waals surface area contributed by atoms with Crippen molar-refractivity contribution in [3.8, 4) is 5.75 Å². The van der Waals surface area contributed by atoms with E-state index in [0.717, 1.165) is 11.8 Å². The molecule has 4 unspecified atom stereocenters. The SMILES string of the molecule is CC(C)OC(=O)CSc1nnc(COc2ccccc2F)n1C(C)C1CC2CCC1C2. The standard InChI is InChI=1S/C23H30FN3O3S/c1-14(2)30-22(28)13-31-23-26-25-21(12-29-20-7-5-4-6-19(20)24)27(23)15(3)18-11-16-8-9-17(18)10-16/h4-7,14-18H,8-13H2,1-3H3. The van der Waals surface area contributed by atoms with E-state index in [-0.39, 0.29) is 36.2 Å². The van der Waals surface area contributed by atoms with Crippen LogP contribution in [0.25, 0.3) is 0 Å². The van der Waals surface area contributed by atoms with Crippen LogP contribution < -0.4 is 4.74 Å². The third-order valence-corrected chi connectivity index (χ3v) is 7.35. The summed E-state index contributed by atoms with van der Waals surface area (Å²) in [5.74, 6) is 2.46. The van der Waals surface area contributed by atoms with Crippen molar-refractivity contribution < 1.29 is 18.7 Å². The molecule has 2 aliphatic rings. The Morgan fingerprint density at radius 2 is 2.03 bits per heavy atom. The number of hydrogen-bond donors (Lipinski definition) is 0. The van der Waals surface area contributed by atoms with Crippen molar-refractivity contribution in [2.45, 2.75) is 70.4 Å². The zero-order valence-electron chi connectivity index (χ0n) is 18.3. The smallest absolute Gasteiger partial charge is 0.316 e. The number of benzene rings is 1. The second-order valence-electron chi connectivity index (χ2n) is 8.89. The van der Waals surface area contributed by atoms with Gasteiger partial charge in [0, 0.05) is 6.04 Å². The molecule has 0 radical (unpaired) electrons. The van der Waals surface area contributed by atoms with E-state index in [1.165, 1.54) is 43.5 Å². The van der Waals surface area contributed by atoms with Crippen molar-refractivity contribution in [3.05, 3.63) is 35.9 Å². The lowest BCUT2D eigenvalue weighted by Crippen LogP contribution is -2.25. The van der Waals surface area contributed by atoms with Crippen LogP contribution in [0.5, 0.6) is 5.75 Å². The first-order valence-electron chi connectivity index (χ1n) is 11.1. The fourth-order valence-corrected chi connectivity index (χ4v) is 5.94. The van der Waals surface area contributed by atoms with Gasteiger partial charge in [-0.25, -0.2) is 4.39 Å². The van der Waals surface area contributed by atoms with E-state index in [9.17, 15) is 9.18 Å². The number of thioether (sulfide) groups is 1. The average molecular weight is 448 g/mol. The molecule has 1 aromatic heterocycles. The minimum absolute atomic E-state index is 0.121. The summed E-state index contributed by atoms with van der Waals surface area (Å²) in [4.78, 5) is 12.1. The fourth-order valence-electron chi connectivity index (χ4n) is 5.11. The van der Waals surface area contributed by atoms with Gasteiger partial charge in [-0.2, -0.15) is 0 Å². The van der Waals surface area contributed by atoms with Gasteiger partial charge >= 0.3 is 5.97 Å². The number of carbonyl (C=O) groups is 1. The molecule has 8 heteroatoms. The molecule has 6 nitrogen and oxygen atoms in total. The highest BCUT2D eigenvalue weighted by Crippen LogP contribution is 2.52. The molecule has 0 saturated heterocycles. The predicted molar refractivity (Wildman–Crippen MR) is 116 cm³/mol. The Balaban J connectivity index is 1.53.